The monoisotopic (exact) mass is 472 g/mol. The molecule has 2 aromatic carbocycles. The van der Waals surface area contributed by atoms with Crippen molar-refractivity contribution in [1.82, 2.24) is 25.0 Å². The third kappa shape index (κ3) is 6.13. The SMILES string of the molecule is CCN(CC(=O)NCc1ccc(F)cc1)C(=O)c1ccc(Sc2nncn2C)c([N+](=O)[O-])c1. The van der Waals surface area contributed by atoms with E-state index in [4.69, 9.17) is 0 Å². The summed E-state index contributed by atoms with van der Waals surface area (Å²) in [5.41, 5.74) is 0.564. The third-order valence-electron chi connectivity index (χ3n) is 4.68. The number of amides is 2. The standard InChI is InChI=1S/C21H21FN6O4S/c1-3-27(12-19(29)23-11-14-4-7-16(22)8-5-14)20(30)15-6-9-18(17(10-15)28(31)32)33-21-25-24-13-26(21)2/h4-10,13H,3,11-12H2,1-2H3,(H,23,29). The molecule has 0 bridgehead atoms. The van der Waals surface area contributed by atoms with Crippen molar-refractivity contribution < 1.29 is 18.9 Å². The number of halogens is 1. The zero-order valence-corrected chi connectivity index (χ0v) is 18.7. The lowest BCUT2D eigenvalue weighted by Crippen LogP contribution is -2.40. The molecule has 1 aromatic heterocycles. The number of nitrogens with one attached hydrogen (secondary N) is 1. The molecule has 0 aliphatic heterocycles. The van der Waals surface area contributed by atoms with Crippen LogP contribution in [0.1, 0.15) is 22.8 Å². The molecule has 2 amide bonds. The molecule has 0 saturated carbocycles. The number of nitrogens with zero attached hydrogens (tertiary/aromatic N) is 5. The van der Waals surface area contributed by atoms with Crippen molar-refractivity contribution in [2.75, 3.05) is 13.1 Å². The fraction of sp³-hybridized carbons (Fsp3) is 0.238. The summed E-state index contributed by atoms with van der Waals surface area (Å²) in [6.07, 6.45) is 1.48. The molecule has 3 aromatic rings. The van der Waals surface area contributed by atoms with E-state index in [9.17, 15) is 24.1 Å². The van der Waals surface area contributed by atoms with Gasteiger partial charge in [0.1, 0.15) is 12.1 Å². The van der Waals surface area contributed by atoms with Gasteiger partial charge in [0.15, 0.2) is 5.16 Å². The van der Waals surface area contributed by atoms with Crippen LogP contribution in [-0.4, -0.2) is 49.5 Å². The summed E-state index contributed by atoms with van der Waals surface area (Å²) < 4.78 is 14.6. The number of hydrogen-bond acceptors (Lipinski definition) is 7. The fourth-order valence-corrected chi connectivity index (χ4v) is 3.73. The van der Waals surface area contributed by atoms with E-state index in [0.717, 1.165) is 11.8 Å². The van der Waals surface area contributed by atoms with E-state index in [1.165, 1.54) is 41.6 Å². The van der Waals surface area contributed by atoms with Crippen LogP contribution in [0.3, 0.4) is 0 Å². The summed E-state index contributed by atoms with van der Waals surface area (Å²) in [5.74, 6) is -1.28. The fourth-order valence-electron chi connectivity index (χ4n) is 2.88. The molecule has 0 atom stereocenters. The normalized spacial score (nSPS) is 10.6. The van der Waals surface area contributed by atoms with E-state index in [0.29, 0.717) is 15.6 Å². The Morgan fingerprint density at radius 1 is 1.24 bits per heavy atom. The molecule has 10 nitrogen and oxygen atoms in total. The Hall–Kier alpha value is -3.80. The van der Waals surface area contributed by atoms with Crippen molar-refractivity contribution in [3.63, 3.8) is 0 Å². The maximum absolute atomic E-state index is 13.0. The number of rotatable bonds is 9. The predicted octanol–water partition coefficient (Wildman–Crippen LogP) is 2.79. The second kappa shape index (κ2) is 10.7. The highest BCUT2D eigenvalue weighted by molar-refractivity contribution is 7.99. The lowest BCUT2D eigenvalue weighted by Gasteiger charge is -2.20. The minimum atomic E-state index is -0.568. The highest BCUT2D eigenvalue weighted by Gasteiger charge is 2.23. The van der Waals surface area contributed by atoms with Gasteiger partial charge in [-0.25, -0.2) is 4.39 Å². The molecule has 0 spiro atoms. The highest BCUT2D eigenvalue weighted by atomic mass is 32.2. The number of benzene rings is 2. The zero-order chi connectivity index (χ0) is 24.0. The number of aromatic nitrogens is 3. The maximum atomic E-state index is 13.0. The van der Waals surface area contributed by atoms with E-state index >= 15 is 0 Å². The number of likely N-dealkylation sites (N-methyl/N-ethyl adjacent to an activating group) is 1. The molecule has 0 unspecified atom stereocenters. The van der Waals surface area contributed by atoms with Gasteiger partial charge in [0, 0.05) is 31.8 Å². The first-order valence-corrected chi connectivity index (χ1v) is 10.7. The summed E-state index contributed by atoms with van der Waals surface area (Å²) in [6.45, 7) is 1.90. The number of carbonyl (C=O) groups excluding carboxylic acids is 2. The molecule has 0 saturated heterocycles. The minimum Gasteiger partial charge on any atom is -0.350 e. The first-order chi connectivity index (χ1) is 15.8. The van der Waals surface area contributed by atoms with E-state index in [2.05, 4.69) is 15.5 Å². The molecular formula is C21H21FN6O4S. The van der Waals surface area contributed by atoms with Gasteiger partial charge in [0.05, 0.1) is 16.4 Å². The Kier molecular flexibility index (Phi) is 7.72. The second-order valence-electron chi connectivity index (χ2n) is 6.99. The summed E-state index contributed by atoms with van der Waals surface area (Å²) in [6, 6.07) is 9.85. The van der Waals surface area contributed by atoms with Crippen LogP contribution in [0.5, 0.6) is 0 Å². The largest absolute Gasteiger partial charge is 0.350 e. The first-order valence-electron chi connectivity index (χ1n) is 9.89. The Morgan fingerprint density at radius 2 is 1.97 bits per heavy atom. The van der Waals surface area contributed by atoms with Gasteiger partial charge in [-0.1, -0.05) is 12.1 Å². The van der Waals surface area contributed by atoms with Gasteiger partial charge < -0.3 is 14.8 Å². The number of carbonyl (C=O) groups is 2. The van der Waals surface area contributed by atoms with E-state index < -0.39 is 16.7 Å². The van der Waals surface area contributed by atoms with Crippen LogP contribution < -0.4 is 5.32 Å². The van der Waals surface area contributed by atoms with Crippen molar-refractivity contribution in [1.29, 1.82) is 0 Å². The number of nitro groups is 1. The Balaban J connectivity index is 1.70. The smallest absolute Gasteiger partial charge is 0.284 e. The van der Waals surface area contributed by atoms with E-state index in [1.807, 2.05) is 0 Å². The Bertz CT molecular complexity index is 1170. The predicted molar refractivity (Wildman–Crippen MR) is 118 cm³/mol. The average Bonchev–Trinajstić information content (AvgIpc) is 3.21. The van der Waals surface area contributed by atoms with Crippen molar-refractivity contribution >= 4 is 29.3 Å². The molecule has 0 fully saturated rings. The van der Waals surface area contributed by atoms with Crippen molar-refractivity contribution in [2.45, 2.75) is 23.5 Å². The minimum absolute atomic E-state index is 0.0946. The summed E-state index contributed by atoms with van der Waals surface area (Å²) in [5, 5.41) is 22.4. The van der Waals surface area contributed by atoms with Crippen molar-refractivity contribution in [3.8, 4) is 0 Å². The van der Waals surface area contributed by atoms with Gasteiger partial charge in [0.25, 0.3) is 11.6 Å². The van der Waals surface area contributed by atoms with Crippen LogP contribution in [0.2, 0.25) is 0 Å². The Labute approximate surface area is 193 Å². The molecule has 12 heteroatoms. The van der Waals surface area contributed by atoms with Gasteiger partial charge in [-0.05, 0) is 48.5 Å². The summed E-state index contributed by atoms with van der Waals surface area (Å²) in [4.78, 5) is 37.9. The third-order valence-corrected chi connectivity index (χ3v) is 5.80. The number of hydrogen-bond donors (Lipinski definition) is 1. The zero-order valence-electron chi connectivity index (χ0n) is 17.9. The lowest BCUT2D eigenvalue weighted by molar-refractivity contribution is -0.387. The van der Waals surface area contributed by atoms with Crippen LogP contribution in [0, 0.1) is 15.9 Å². The second-order valence-corrected chi connectivity index (χ2v) is 8.00. The van der Waals surface area contributed by atoms with E-state index in [1.54, 1.807) is 30.7 Å². The quantitative estimate of drug-likeness (QED) is 0.375. The van der Waals surface area contributed by atoms with Crippen LogP contribution in [0.15, 0.2) is 58.8 Å². The average molecular weight is 473 g/mol. The molecule has 0 aliphatic rings. The Morgan fingerprint density at radius 3 is 2.58 bits per heavy atom. The number of nitro benzene ring substituents is 1. The summed E-state index contributed by atoms with van der Waals surface area (Å²) >= 11 is 1.06. The van der Waals surface area contributed by atoms with Gasteiger partial charge in [-0.3, -0.25) is 19.7 Å². The lowest BCUT2D eigenvalue weighted by atomic mass is 10.1. The van der Waals surface area contributed by atoms with Gasteiger partial charge in [-0.2, -0.15) is 0 Å². The summed E-state index contributed by atoms with van der Waals surface area (Å²) in [7, 11) is 1.71. The van der Waals surface area contributed by atoms with Gasteiger partial charge in [-0.15, -0.1) is 10.2 Å². The van der Waals surface area contributed by atoms with Gasteiger partial charge >= 0.3 is 0 Å². The number of aryl methyl sites for hydroxylation is 1. The van der Waals surface area contributed by atoms with Crippen molar-refractivity contribution in [2.24, 2.45) is 7.05 Å². The molecule has 172 valence electrons. The van der Waals surface area contributed by atoms with E-state index in [-0.39, 0.29) is 36.7 Å². The molecule has 1 heterocycles. The van der Waals surface area contributed by atoms with Crippen LogP contribution in [0.25, 0.3) is 0 Å². The molecule has 3 rings (SSSR count). The molecule has 0 aliphatic carbocycles. The van der Waals surface area contributed by atoms with Crippen LogP contribution in [0.4, 0.5) is 10.1 Å². The molecular weight excluding hydrogens is 451 g/mol. The molecule has 0 radical (unpaired) electrons. The maximum Gasteiger partial charge on any atom is 0.284 e. The topological polar surface area (TPSA) is 123 Å². The van der Waals surface area contributed by atoms with Crippen LogP contribution >= 0.6 is 11.8 Å². The van der Waals surface area contributed by atoms with Crippen LogP contribution in [-0.2, 0) is 18.4 Å². The highest BCUT2D eigenvalue weighted by Crippen LogP contribution is 2.34. The first kappa shape index (κ1) is 23.9. The van der Waals surface area contributed by atoms with Gasteiger partial charge in [0.2, 0.25) is 5.91 Å². The molecule has 33 heavy (non-hydrogen) atoms. The molecule has 1 N–H and O–H groups in total. The van der Waals surface area contributed by atoms with Crippen molar-refractivity contribution in [3.05, 3.63) is 75.9 Å².